The molecule has 1 unspecified atom stereocenters. The summed E-state index contributed by atoms with van der Waals surface area (Å²) < 4.78 is 23.4. The van der Waals surface area contributed by atoms with E-state index in [4.69, 9.17) is 13.9 Å². The van der Waals surface area contributed by atoms with Gasteiger partial charge in [0, 0.05) is 6.61 Å². The zero-order valence-electron chi connectivity index (χ0n) is 20.1. The van der Waals surface area contributed by atoms with Crippen molar-refractivity contribution < 1.29 is 18.3 Å². The van der Waals surface area contributed by atoms with Crippen LogP contribution in [0.25, 0.3) is 0 Å². The van der Waals surface area contributed by atoms with Gasteiger partial charge in [-0.2, -0.15) is 0 Å². The van der Waals surface area contributed by atoms with Crippen molar-refractivity contribution in [2.75, 3.05) is 13.2 Å². The zero-order chi connectivity index (χ0) is 22.6. The van der Waals surface area contributed by atoms with Crippen molar-refractivity contribution >= 4 is 18.7 Å². The Labute approximate surface area is 199 Å². The highest BCUT2D eigenvalue weighted by atomic mass is 28.4. The fourth-order valence-corrected chi connectivity index (χ4v) is 11.4. The van der Waals surface area contributed by atoms with E-state index in [1.165, 1.54) is 10.4 Å². The molecule has 0 radical (unpaired) electrons. The SMILES string of the molecule is CC(C)(C)[Si](OCC1[C@H]2C[C@H]3O[C@H]4CCCO[C@@H]4C[C@@H]3[O+]12)(c1ccccc1)c1ccccc1. The predicted octanol–water partition coefficient (Wildman–Crippen LogP) is 3.97. The van der Waals surface area contributed by atoms with E-state index in [-0.39, 0.29) is 11.1 Å². The molecule has 5 heteroatoms. The van der Waals surface area contributed by atoms with Crippen molar-refractivity contribution in [2.24, 2.45) is 0 Å². The lowest BCUT2D eigenvalue weighted by Crippen LogP contribution is -2.67. The minimum absolute atomic E-state index is 0.0132. The molecular weight excluding hydrogens is 428 g/mol. The van der Waals surface area contributed by atoms with Gasteiger partial charge in [0.2, 0.25) is 6.10 Å². The normalized spacial score (nSPS) is 33.8. The summed E-state index contributed by atoms with van der Waals surface area (Å²) in [6, 6.07) is 21.9. The third kappa shape index (κ3) is 3.64. The molecule has 0 spiro atoms. The Morgan fingerprint density at radius 1 is 0.879 bits per heavy atom. The Bertz CT molecular complexity index is 919. The van der Waals surface area contributed by atoms with Crippen molar-refractivity contribution in [3.05, 3.63) is 60.7 Å². The van der Waals surface area contributed by atoms with Gasteiger partial charge in [-0.3, -0.25) is 0 Å². The van der Waals surface area contributed by atoms with Crippen LogP contribution in [0.1, 0.15) is 46.5 Å². The number of hydrogen-bond acceptors (Lipinski definition) is 3. The van der Waals surface area contributed by atoms with Gasteiger partial charge in [-0.05, 0) is 28.3 Å². The van der Waals surface area contributed by atoms with E-state index in [0.29, 0.717) is 30.5 Å². The van der Waals surface area contributed by atoms with Crippen LogP contribution in [0.15, 0.2) is 60.7 Å². The molecule has 33 heavy (non-hydrogen) atoms. The molecule has 4 nitrogen and oxygen atoms in total. The molecule has 4 aliphatic rings. The number of benzene rings is 2. The quantitative estimate of drug-likeness (QED) is 0.380. The summed E-state index contributed by atoms with van der Waals surface area (Å²) in [6.07, 6.45) is 6.80. The van der Waals surface area contributed by atoms with E-state index in [1.807, 2.05) is 0 Å². The first-order valence-electron chi connectivity index (χ1n) is 12.7. The zero-order valence-corrected chi connectivity index (χ0v) is 21.1. The maximum absolute atomic E-state index is 7.22. The highest BCUT2D eigenvalue weighted by Crippen LogP contribution is 2.54. The third-order valence-electron chi connectivity index (χ3n) is 8.34. The number of hydrogen-bond donors (Lipinski definition) is 0. The van der Waals surface area contributed by atoms with Crippen molar-refractivity contribution in [1.29, 1.82) is 0 Å². The molecule has 176 valence electrons. The van der Waals surface area contributed by atoms with Crippen LogP contribution in [0.5, 0.6) is 0 Å². The molecule has 0 N–H and O–H groups in total. The lowest BCUT2D eigenvalue weighted by Gasteiger charge is -2.43. The molecule has 0 bridgehead atoms. The lowest BCUT2D eigenvalue weighted by molar-refractivity contribution is -0.213. The minimum atomic E-state index is -2.49. The summed E-state index contributed by atoms with van der Waals surface area (Å²) >= 11 is 0. The Balaban J connectivity index is 1.24. The number of rotatable bonds is 5. The largest absolute Gasteiger partial charge is 0.400 e. The Morgan fingerprint density at radius 3 is 2.15 bits per heavy atom. The Morgan fingerprint density at radius 2 is 1.52 bits per heavy atom. The van der Waals surface area contributed by atoms with Crippen LogP contribution in [0.3, 0.4) is 0 Å². The molecule has 2 aromatic rings. The summed E-state index contributed by atoms with van der Waals surface area (Å²) in [5, 5.41) is 2.72. The highest BCUT2D eigenvalue weighted by molar-refractivity contribution is 6.99. The molecule has 0 amide bonds. The highest BCUT2D eigenvalue weighted by Gasteiger charge is 2.71. The fourth-order valence-electron chi connectivity index (χ4n) is 6.79. The molecule has 0 aromatic heterocycles. The predicted molar refractivity (Wildman–Crippen MR) is 133 cm³/mol. The first-order valence-corrected chi connectivity index (χ1v) is 14.6. The molecule has 2 aromatic carbocycles. The van der Waals surface area contributed by atoms with Gasteiger partial charge in [0.25, 0.3) is 14.4 Å². The van der Waals surface area contributed by atoms with Crippen molar-refractivity contribution in [3.63, 3.8) is 0 Å². The first-order chi connectivity index (χ1) is 16.0. The van der Waals surface area contributed by atoms with E-state index in [9.17, 15) is 0 Å². The molecule has 4 aliphatic heterocycles. The molecule has 0 saturated carbocycles. The lowest BCUT2D eigenvalue weighted by atomic mass is 9.92. The van der Waals surface area contributed by atoms with Crippen LogP contribution < -0.4 is 10.4 Å². The smallest absolute Gasteiger partial charge is 0.261 e. The second kappa shape index (κ2) is 8.31. The summed E-state index contributed by atoms with van der Waals surface area (Å²) in [4.78, 5) is 0. The number of ether oxygens (including phenoxy) is 2. The summed E-state index contributed by atoms with van der Waals surface area (Å²) in [5.74, 6) is 0. The molecule has 4 fully saturated rings. The standard InChI is InChI=1S/C28H37O4Si/c1-28(2,3)33(20-11-6-4-7-12-20,21-13-8-5-9-14-21)30-19-27-26-18-24-25(32(26)27)17-23-22(31-24)15-10-16-29-23/h4-9,11-14,22-27H,10,15-19H2,1-3H3/q+1/t22-,23+,24+,25-,26+,27?/m0/s1. The maximum atomic E-state index is 7.22. The molecule has 0 aliphatic carbocycles. The number of epoxide rings is 1. The minimum Gasteiger partial charge on any atom is -0.400 e. The fraction of sp³-hybridized carbons (Fsp3) is 0.571. The van der Waals surface area contributed by atoms with Gasteiger partial charge < -0.3 is 18.3 Å². The second-order valence-electron chi connectivity index (χ2n) is 11.2. The van der Waals surface area contributed by atoms with E-state index in [0.717, 1.165) is 38.9 Å². The van der Waals surface area contributed by atoms with Gasteiger partial charge in [0.1, 0.15) is 12.7 Å². The summed E-state index contributed by atoms with van der Waals surface area (Å²) in [7, 11) is -2.49. The molecular formula is C28H37O4Si+. The third-order valence-corrected chi connectivity index (χ3v) is 13.3. The van der Waals surface area contributed by atoms with E-state index in [2.05, 4.69) is 85.8 Å². The van der Waals surface area contributed by atoms with Crippen LogP contribution >= 0.6 is 0 Å². The molecule has 4 heterocycles. The van der Waals surface area contributed by atoms with Gasteiger partial charge in [-0.25, -0.2) is 0 Å². The molecule has 4 saturated heterocycles. The van der Waals surface area contributed by atoms with Crippen LogP contribution in [0.4, 0.5) is 0 Å². The van der Waals surface area contributed by atoms with Crippen LogP contribution in [0.2, 0.25) is 5.04 Å². The second-order valence-corrected chi connectivity index (χ2v) is 15.5. The van der Waals surface area contributed by atoms with Crippen LogP contribution in [-0.2, 0) is 18.3 Å². The van der Waals surface area contributed by atoms with E-state index < -0.39 is 8.32 Å². The molecule has 6 rings (SSSR count). The average Bonchev–Trinajstić information content (AvgIpc) is 3.38. The van der Waals surface area contributed by atoms with E-state index in [1.54, 1.807) is 0 Å². The van der Waals surface area contributed by atoms with Crippen molar-refractivity contribution in [2.45, 2.75) is 88.1 Å². The molecule has 6 atom stereocenters. The maximum Gasteiger partial charge on any atom is 0.261 e. The topological polar surface area (TPSA) is 30.4 Å². The van der Waals surface area contributed by atoms with Gasteiger partial charge >= 0.3 is 0 Å². The summed E-state index contributed by atoms with van der Waals surface area (Å²) in [6.45, 7) is 8.71. The number of fused-ring (bicyclic) bond motifs is 4. The van der Waals surface area contributed by atoms with Crippen molar-refractivity contribution in [3.8, 4) is 0 Å². The Hall–Kier alpha value is -1.50. The van der Waals surface area contributed by atoms with Gasteiger partial charge in [-0.1, -0.05) is 81.4 Å². The van der Waals surface area contributed by atoms with Gasteiger partial charge in [0.05, 0.1) is 25.0 Å². The van der Waals surface area contributed by atoms with Gasteiger partial charge in [-0.15, -0.1) is 0 Å². The van der Waals surface area contributed by atoms with Crippen molar-refractivity contribution in [1.82, 2.24) is 0 Å². The van der Waals surface area contributed by atoms with Crippen LogP contribution in [0, 0.1) is 0 Å². The first kappa shape index (κ1) is 22.0. The summed E-state index contributed by atoms with van der Waals surface area (Å²) in [5.41, 5.74) is 0. The van der Waals surface area contributed by atoms with E-state index >= 15 is 0 Å². The average molecular weight is 466 g/mol. The van der Waals surface area contributed by atoms with Crippen LogP contribution in [-0.4, -0.2) is 58.2 Å². The Kier molecular flexibility index (Phi) is 5.54. The monoisotopic (exact) mass is 465 g/mol. The van der Waals surface area contributed by atoms with Gasteiger partial charge in [0.15, 0.2) is 6.10 Å².